The molecule has 2 aliphatic rings. The number of benzene rings is 1. The normalized spacial score (nSPS) is 31.6. The molecule has 3 rings (SSSR count). The number of oxime groups is 1. The van der Waals surface area contributed by atoms with Gasteiger partial charge in [0.2, 0.25) is 0 Å². The Hall–Kier alpha value is -3.27. The molecule has 9 nitrogen and oxygen atoms in total. The number of rotatable bonds is 12. The number of esters is 2. The van der Waals surface area contributed by atoms with Crippen molar-refractivity contribution in [2.75, 3.05) is 0 Å². The van der Waals surface area contributed by atoms with Gasteiger partial charge in [-0.15, -0.1) is 0 Å². The zero-order chi connectivity index (χ0) is 33.9. The first-order valence-corrected chi connectivity index (χ1v) is 16.5. The maximum Gasteiger partial charge on any atom is 0.309 e. The number of hydrogen-bond donors (Lipinski definition) is 2. The molecule has 46 heavy (non-hydrogen) atoms. The van der Waals surface area contributed by atoms with Gasteiger partial charge in [0.05, 0.1) is 30.4 Å². The Labute approximate surface area is 274 Å². The molecule has 0 aliphatic carbocycles. The first kappa shape index (κ1) is 37.2. The second kappa shape index (κ2) is 17.6. The van der Waals surface area contributed by atoms with E-state index in [1.165, 1.54) is 6.92 Å². The fourth-order valence-electron chi connectivity index (χ4n) is 5.78. The number of aliphatic hydroxyl groups is 2. The number of hydrogen-bond acceptors (Lipinski definition) is 9. The molecular formula is C37H53NO8. The number of carbonyl (C=O) groups is 2. The van der Waals surface area contributed by atoms with Crippen LogP contribution in [-0.2, 0) is 35.2 Å². The second-order valence-corrected chi connectivity index (χ2v) is 13.1. The van der Waals surface area contributed by atoms with Gasteiger partial charge in [-0.25, -0.2) is 0 Å². The van der Waals surface area contributed by atoms with Crippen molar-refractivity contribution in [1.29, 1.82) is 0 Å². The minimum Gasteiger partial charge on any atom is -0.457 e. The van der Waals surface area contributed by atoms with Gasteiger partial charge in [0.15, 0.2) is 0 Å². The summed E-state index contributed by atoms with van der Waals surface area (Å²) in [6.45, 7) is 13.4. The van der Waals surface area contributed by atoms with Gasteiger partial charge in [-0.3, -0.25) is 9.59 Å². The van der Waals surface area contributed by atoms with E-state index in [4.69, 9.17) is 19.0 Å². The lowest BCUT2D eigenvalue weighted by Crippen LogP contribution is -2.42. The first-order valence-electron chi connectivity index (χ1n) is 16.5. The standard InChI is InChI=1S/C37H53NO8/c1-8-31(38-43-23-29-15-10-9-11-16-29)27(5)36-32(45-36)21-24(2)13-12-14-25(3)35-26(4)17-18-33(44-28(6)39)37(7,42)20-19-30(40)22-34(41)46-35/h9-18,24,26-27,30,32-33,35-36,40,42H,8,19-23H2,1-7H3/b13-12+,18-17-,25-14+,38-31?. The highest BCUT2D eigenvalue weighted by Crippen LogP contribution is 2.36. The van der Waals surface area contributed by atoms with E-state index >= 15 is 0 Å². The molecule has 254 valence electrons. The van der Waals surface area contributed by atoms with Crippen LogP contribution in [0.25, 0.3) is 0 Å². The van der Waals surface area contributed by atoms with E-state index in [0.717, 1.165) is 29.7 Å². The van der Waals surface area contributed by atoms with Crippen LogP contribution in [0.2, 0.25) is 0 Å². The van der Waals surface area contributed by atoms with Gasteiger partial charge >= 0.3 is 11.9 Å². The molecule has 0 aromatic heterocycles. The van der Waals surface area contributed by atoms with Gasteiger partial charge < -0.3 is 29.3 Å². The summed E-state index contributed by atoms with van der Waals surface area (Å²) in [5, 5.41) is 25.9. The summed E-state index contributed by atoms with van der Waals surface area (Å²) < 4.78 is 17.3. The Morgan fingerprint density at radius 3 is 2.59 bits per heavy atom. The molecule has 0 radical (unpaired) electrons. The fourth-order valence-corrected chi connectivity index (χ4v) is 5.78. The smallest absolute Gasteiger partial charge is 0.309 e. The van der Waals surface area contributed by atoms with Crippen LogP contribution in [0, 0.1) is 17.8 Å². The molecule has 1 aromatic carbocycles. The summed E-state index contributed by atoms with van der Waals surface area (Å²) in [6.07, 6.45) is 9.00. The maximum atomic E-state index is 12.7. The molecule has 0 spiro atoms. The molecule has 0 bridgehead atoms. The van der Waals surface area contributed by atoms with Crippen LogP contribution in [-0.4, -0.2) is 64.0 Å². The predicted molar refractivity (Wildman–Crippen MR) is 178 cm³/mol. The summed E-state index contributed by atoms with van der Waals surface area (Å²) in [4.78, 5) is 30.1. The summed E-state index contributed by atoms with van der Waals surface area (Å²) in [7, 11) is 0. The van der Waals surface area contributed by atoms with Crippen molar-refractivity contribution in [2.24, 2.45) is 22.9 Å². The Bertz CT molecular complexity index is 1250. The highest BCUT2D eigenvalue weighted by Gasteiger charge is 2.44. The number of nitrogens with zero attached hydrogens (tertiary/aromatic N) is 1. The van der Waals surface area contributed by atoms with E-state index in [9.17, 15) is 19.8 Å². The van der Waals surface area contributed by atoms with Gasteiger partial charge in [-0.1, -0.05) is 87.5 Å². The van der Waals surface area contributed by atoms with Crippen LogP contribution in [0.15, 0.2) is 71.4 Å². The number of allylic oxidation sites excluding steroid dienone is 3. The Kier molecular flexibility index (Phi) is 14.2. The number of ether oxygens (including phenoxy) is 3. The van der Waals surface area contributed by atoms with Gasteiger partial charge in [0, 0.05) is 18.8 Å². The third kappa shape index (κ3) is 11.8. The SMILES string of the molecule is CCC(=NOCc1ccccc1)C(C)C1OC1CC(C)/C=C/C=C(\C)C1OC(=O)CC(O)CCC(C)(O)C(OC(C)=O)/C=C\C1C. The zero-order valence-electron chi connectivity index (χ0n) is 28.4. The topological polar surface area (TPSA) is 127 Å². The van der Waals surface area contributed by atoms with Crippen LogP contribution in [0.5, 0.6) is 0 Å². The lowest BCUT2D eigenvalue weighted by Gasteiger charge is -2.32. The molecule has 2 aliphatic heterocycles. The second-order valence-electron chi connectivity index (χ2n) is 13.1. The summed E-state index contributed by atoms with van der Waals surface area (Å²) in [5.74, 6) is -0.897. The molecule has 2 heterocycles. The van der Waals surface area contributed by atoms with Crippen molar-refractivity contribution in [3.05, 3.63) is 71.8 Å². The van der Waals surface area contributed by atoms with E-state index in [2.05, 4.69) is 32.0 Å². The summed E-state index contributed by atoms with van der Waals surface area (Å²) >= 11 is 0. The number of epoxide rings is 1. The van der Waals surface area contributed by atoms with Crippen molar-refractivity contribution in [3.63, 3.8) is 0 Å². The van der Waals surface area contributed by atoms with Crippen molar-refractivity contribution in [3.8, 4) is 0 Å². The molecule has 0 amide bonds. The van der Waals surface area contributed by atoms with Crippen molar-refractivity contribution in [1.82, 2.24) is 0 Å². The molecule has 1 aromatic rings. The van der Waals surface area contributed by atoms with E-state index in [1.54, 1.807) is 19.1 Å². The van der Waals surface area contributed by atoms with Gasteiger partial charge in [-0.05, 0) is 62.7 Å². The van der Waals surface area contributed by atoms with E-state index in [1.807, 2.05) is 56.3 Å². The molecule has 2 N–H and O–H groups in total. The quantitative estimate of drug-likeness (QED) is 0.0688. The van der Waals surface area contributed by atoms with Gasteiger partial charge in [0.25, 0.3) is 0 Å². The van der Waals surface area contributed by atoms with Crippen molar-refractivity contribution < 1.29 is 38.9 Å². The highest BCUT2D eigenvalue weighted by molar-refractivity contribution is 5.86. The van der Waals surface area contributed by atoms with E-state index in [0.29, 0.717) is 6.61 Å². The van der Waals surface area contributed by atoms with Crippen LogP contribution in [0.1, 0.15) is 86.1 Å². The number of carbonyl (C=O) groups excluding carboxylic acids is 2. The lowest BCUT2D eigenvalue weighted by molar-refractivity contribution is -0.157. The van der Waals surface area contributed by atoms with Crippen LogP contribution >= 0.6 is 0 Å². The van der Waals surface area contributed by atoms with Crippen LogP contribution in [0.3, 0.4) is 0 Å². The predicted octanol–water partition coefficient (Wildman–Crippen LogP) is 6.23. The first-order chi connectivity index (χ1) is 21.8. The summed E-state index contributed by atoms with van der Waals surface area (Å²) in [5.41, 5.74) is 1.49. The number of aliphatic hydroxyl groups excluding tert-OH is 1. The molecular weight excluding hydrogens is 586 g/mol. The van der Waals surface area contributed by atoms with Crippen molar-refractivity contribution in [2.45, 2.75) is 123 Å². The minimum absolute atomic E-state index is 0.113. The van der Waals surface area contributed by atoms with Crippen molar-refractivity contribution >= 4 is 17.7 Å². The maximum absolute atomic E-state index is 12.7. The average Bonchev–Trinajstić information content (AvgIpc) is 3.77. The zero-order valence-corrected chi connectivity index (χ0v) is 28.4. The van der Waals surface area contributed by atoms with Crippen LogP contribution < -0.4 is 0 Å². The average molecular weight is 640 g/mol. The van der Waals surface area contributed by atoms with Gasteiger partial charge in [0.1, 0.15) is 24.4 Å². The molecule has 1 fully saturated rings. The highest BCUT2D eigenvalue weighted by atomic mass is 16.6. The van der Waals surface area contributed by atoms with Crippen LogP contribution in [0.4, 0.5) is 0 Å². The molecule has 9 atom stereocenters. The van der Waals surface area contributed by atoms with E-state index in [-0.39, 0.29) is 49.2 Å². The molecule has 9 heteroatoms. The largest absolute Gasteiger partial charge is 0.457 e. The van der Waals surface area contributed by atoms with Gasteiger partial charge in [-0.2, -0.15) is 0 Å². The summed E-state index contributed by atoms with van der Waals surface area (Å²) in [6, 6.07) is 9.98. The minimum atomic E-state index is -1.41. The molecule has 1 saturated heterocycles. The third-order valence-corrected chi connectivity index (χ3v) is 8.73. The fraction of sp³-hybridized carbons (Fsp3) is 0.595. The Morgan fingerprint density at radius 1 is 1.20 bits per heavy atom. The molecule has 0 saturated carbocycles. The number of cyclic esters (lactones) is 1. The molecule has 9 unspecified atom stereocenters. The van der Waals surface area contributed by atoms with E-state index < -0.39 is 35.9 Å². The third-order valence-electron chi connectivity index (χ3n) is 8.73. The Morgan fingerprint density at radius 2 is 1.91 bits per heavy atom. The Balaban J connectivity index is 1.60. The lowest BCUT2D eigenvalue weighted by atomic mass is 9.88. The monoisotopic (exact) mass is 639 g/mol.